The third-order valence-corrected chi connectivity index (χ3v) is 9.31. The Bertz CT molecular complexity index is 1260. The van der Waals surface area contributed by atoms with Crippen LogP contribution in [0.3, 0.4) is 0 Å². The summed E-state index contributed by atoms with van der Waals surface area (Å²) in [5.74, 6) is -1.09. The van der Waals surface area contributed by atoms with Gasteiger partial charge < -0.3 is 14.2 Å². The van der Waals surface area contributed by atoms with Crippen molar-refractivity contribution in [3.8, 4) is 0 Å². The topological polar surface area (TPSA) is 78.9 Å². The minimum atomic E-state index is -0.832. The summed E-state index contributed by atoms with van der Waals surface area (Å²) in [5.41, 5.74) is 0. The van der Waals surface area contributed by atoms with E-state index < -0.39 is 12.1 Å². The van der Waals surface area contributed by atoms with E-state index in [4.69, 9.17) is 14.2 Å². The SMILES string of the molecule is CC/C=C\C/C=C\C/C=C\C/C=C\C/C=C\CC(=O)OC(COC(=O)CCCCCCC)COC(=O)CCCCCCCCCC/C=C\C/C=C\C/C=C\C/C=C\CC. The molecule has 0 aliphatic rings. The molecule has 0 bridgehead atoms. The number of ether oxygens (including phenoxy) is 3. The number of esters is 3. The predicted octanol–water partition coefficient (Wildman–Crippen LogP) is 15.2. The van der Waals surface area contributed by atoms with E-state index in [-0.39, 0.29) is 31.6 Å². The van der Waals surface area contributed by atoms with Gasteiger partial charge in [-0.15, -0.1) is 0 Å². The number of rotatable bonds is 40. The zero-order chi connectivity index (χ0) is 43.0. The number of carbonyl (C=O) groups excluding carboxylic acids is 3. The molecule has 0 rings (SSSR count). The molecule has 59 heavy (non-hydrogen) atoms. The van der Waals surface area contributed by atoms with Crippen LogP contribution in [0.4, 0.5) is 0 Å². The van der Waals surface area contributed by atoms with Gasteiger partial charge in [-0.05, 0) is 83.5 Å². The maximum atomic E-state index is 12.6. The summed E-state index contributed by atoms with van der Waals surface area (Å²) in [6, 6.07) is 0. The molecule has 6 heteroatoms. The lowest BCUT2D eigenvalue weighted by Crippen LogP contribution is -2.30. The molecular formula is C53H84O6. The van der Waals surface area contributed by atoms with Crippen molar-refractivity contribution in [2.45, 2.75) is 194 Å². The highest BCUT2D eigenvalue weighted by Gasteiger charge is 2.19. The van der Waals surface area contributed by atoms with E-state index in [0.717, 1.165) is 116 Å². The van der Waals surface area contributed by atoms with Crippen molar-refractivity contribution in [2.75, 3.05) is 13.2 Å². The van der Waals surface area contributed by atoms with Crippen LogP contribution in [0.5, 0.6) is 0 Å². The first-order chi connectivity index (χ1) is 29.0. The summed E-state index contributed by atoms with van der Waals surface area (Å²) in [6.07, 6.45) is 62.7. The second kappa shape index (κ2) is 46.8. The Morgan fingerprint density at radius 2 is 0.712 bits per heavy atom. The minimum Gasteiger partial charge on any atom is -0.462 e. The van der Waals surface area contributed by atoms with E-state index >= 15 is 0 Å². The molecule has 0 aromatic heterocycles. The second-order valence-electron chi connectivity index (χ2n) is 14.9. The Morgan fingerprint density at radius 1 is 0.373 bits per heavy atom. The van der Waals surface area contributed by atoms with Gasteiger partial charge in [0.25, 0.3) is 0 Å². The Kier molecular flexibility index (Phi) is 43.6. The molecule has 0 spiro atoms. The van der Waals surface area contributed by atoms with Gasteiger partial charge in [0.1, 0.15) is 13.2 Å². The molecule has 0 saturated heterocycles. The molecule has 0 aromatic rings. The van der Waals surface area contributed by atoms with Gasteiger partial charge in [0.15, 0.2) is 6.10 Å². The van der Waals surface area contributed by atoms with Crippen molar-refractivity contribution in [3.05, 3.63) is 109 Å². The van der Waals surface area contributed by atoms with Gasteiger partial charge in [-0.3, -0.25) is 14.4 Å². The monoisotopic (exact) mass is 817 g/mol. The molecule has 332 valence electrons. The van der Waals surface area contributed by atoms with Crippen molar-refractivity contribution in [3.63, 3.8) is 0 Å². The van der Waals surface area contributed by atoms with Crippen LogP contribution in [0.15, 0.2) is 109 Å². The quantitative estimate of drug-likeness (QED) is 0.0265. The Hall–Kier alpha value is -3.93. The number of allylic oxidation sites excluding steroid dienone is 17. The van der Waals surface area contributed by atoms with Crippen LogP contribution in [0.2, 0.25) is 0 Å². The largest absolute Gasteiger partial charge is 0.462 e. The van der Waals surface area contributed by atoms with E-state index in [1.54, 1.807) is 6.08 Å². The van der Waals surface area contributed by atoms with Crippen LogP contribution < -0.4 is 0 Å². The van der Waals surface area contributed by atoms with E-state index in [9.17, 15) is 14.4 Å². The number of hydrogen-bond donors (Lipinski definition) is 0. The lowest BCUT2D eigenvalue weighted by atomic mass is 10.1. The summed E-state index contributed by atoms with van der Waals surface area (Å²) in [4.78, 5) is 37.5. The number of unbranched alkanes of at least 4 members (excludes halogenated alkanes) is 12. The second-order valence-corrected chi connectivity index (χ2v) is 14.9. The molecule has 0 saturated carbocycles. The summed E-state index contributed by atoms with van der Waals surface area (Å²) in [6.45, 7) is 6.20. The van der Waals surface area contributed by atoms with Gasteiger partial charge in [-0.1, -0.05) is 194 Å². The van der Waals surface area contributed by atoms with Gasteiger partial charge in [-0.2, -0.15) is 0 Å². The molecule has 6 nitrogen and oxygen atoms in total. The molecule has 0 aliphatic carbocycles. The van der Waals surface area contributed by atoms with Crippen molar-refractivity contribution in [1.82, 2.24) is 0 Å². The number of carbonyl (C=O) groups is 3. The average Bonchev–Trinajstić information content (AvgIpc) is 3.23. The van der Waals surface area contributed by atoms with Gasteiger partial charge in [-0.25, -0.2) is 0 Å². The van der Waals surface area contributed by atoms with E-state index in [1.165, 1.54) is 32.1 Å². The standard InChI is InChI=1S/C53H84O6/c1-4-7-10-13-15-17-19-21-23-24-25-26-27-28-30-31-33-35-37-40-43-46-52(55)58-49-50(48-57-51(54)45-42-39-12-9-6-3)59-53(56)47-44-41-38-36-34-32-29-22-20-18-16-14-11-8-5-2/h7-8,10-11,15-18,21-23,25-26,29,34,36,41,44,50H,4-6,9,12-14,19-20,24,27-28,30-33,35,37-40,42-43,45-49H2,1-3H3/b10-7-,11-8-,17-15-,18-16-,23-21-,26-25-,29-22-,36-34-,44-41-. The lowest BCUT2D eigenvalue weighted by Gasteiger charge is -2.18. The minimum absolute atomic E-state index is 0.0919. The molecule has 1 unspecified atom stereocenters. The smallest absolute Gasteiger partial charge is 0.310 e. The maximum absolute atomic E-state index is 12.6. The summed E-state index contributed by atoms with van der Waals surface area (Å²) >= 11 is 0. The zero-order valence-electron chi connectivity index (χ0n) is 37.7. The fourth-order valence-electron chi connectivity index (χ4n) is 5.86. The molecule has 0 aliphatic heterocycles. The molecule has 1 atom stereocenters. The first kappa shape index (κ1) is 55.1. The van der Waals surface area contributed by atoms with Gasteiger partial charge in [0.05, 0.1) is 6.42 Å². The highest BCUT2D eigenvalue weighted by molar-refractivity contribution is 5.72. The fourth-order valence-corrected chi connectivity index (χ4v) is 5.86. The normalized spacial score (nSPS) is 13.1. The van der Waals surface area contributed by atoms with E-state index in [0.29, 0.717) is 12.8 Å². The molecule has 0 amide bonds. The predicted molar refractivity (Wildman–Crippen MR) is 251 cm³/mol. The van der Waals surface area contributed by atoms with Crippen LogP contribution >= 0.6 is 0 Å². The zero-order valence-corrected chi connectivity index (χ0v) is 37.7. The Balaban J connectivity index is 4.32. The van der Waals surface area contributed by atoms with Crippen molar-refractivity contribution in [1.29, 1.82) is 0 Å². The van der Waals surface area contributed by atoms with Crippen LogP contribution in [0, 0.1) is 0 Å². The molecule has 0 N–H and O–H groups in total. The average molecular weight is 817 g/mol. The number of hydrogen-bond acceptors (Lipinski definition) is 6. The van der Waals surface area contributed by atoms with Crippen LogP contribution in [0.1, 0.15) is 188 Å². The highest BCUT2D eigenvalue weighted by Crippen LogP contribution is 2.12. The van der Waals surface area contributed by atoms with Gasteiger partial charge in [0.2, 0.25) is 0 Å². The lowest BCUT2D eigenvalue weighted by molar-refractivity contribution is -0.166. The summed E-state index contributed by atoms with van der Waals surface area (Å²) < 4.78 is 16.5. The fraction of sp³-hybridized carbons (Fsp3) is 0.604. The van der Waals surface area contributed by atoms with Crippen molar-refractivity contribution >= 4 is 17.9 Å². The van der Waals surface area contributed by atoms with E-state index in [1.807, 2.05) is 6.08 Å². The van der Waals surface area contributed by atoms with E-state index in [2.05, 4.69) is 118 Å². The van der Waals surface area contributed by atoms with Crippen molar-refractivity contribution < 1.29 is 28.6 Å². The third-order valence-electron chi connectivity index (χ3n) is 9.31. The highest BCUT2D eigenvalue weighted by atomic mass is 16.6. The molecule has 0 heterocycles. The van der Waals surface area contributed by atoms with Gasteiger partial charge >= 0.3 is 17.9 Å². The molecular weight excluding hydrogens is 733 g/mol. The Morgan fingerprint density at radius 3 is 1.12 bits per heavy atom. The first-order valence-electron chi connectivity index (χ1n) is 23.4. The van der Waals surface area contributed by atoms with Gasteiger partial charge in [0, 0.05) is 12.8 Å². The summed E-state index contributed by atoms with van der Waals surface area (Å²) in [7, 11) is 0. The molecule has 0 radical (unpaired) electrons. The van der Waals surface area contributed by atoms with Crippen molar-refractivity contribution in [2.24, 2.45) is 0 Å². The molecule has 0 fully saturated rings. The third kappa shape index (κ3) is 45.0. The Labute approximate surface area is 361 Å². The molecule has 0 aromatic carbocycles. The maximum Gasteiger partial charge on any atom is 0.310 e. The first-order valence-corrected chi connectivity index (χ1v) is 23.4. The van der Waals surface area contributed by atoms with Crippen LogP contribution in [-0.2, 0) is 28.6 Å². The van der Waals surface area contributed by atoms with Crippen LogP contribution in [0.25, 0.3) is 0 Å². The van der Waals surface area contributed by atoms with Crippen LogP contribution in [-0.4, -0.2) is 37.2 Å². The summed E-state index contributed by atoms with van der Waals surface area (Å²) in [5, 5.41) is 0.